The van der Waals surface area contributed by atoms with E-state index in [1.807, 2.05) is 31.2 Å². The van der Waals surface area contributed by atoms with Crippen molar-refractivity contribution < 1.29 is 14.3 Å². The smallest absolute Gasteiger partial charge is 0.191 e. The van der Waals surface area contributed by atoms with E-state index in [9.17, 15) is 5.11 Å². The van der Waals surface area contributed by atoms with E-state index in [1.54, 1.807) is 25.3 Å². The van der Waals surface area contributed by atoms with Crippen molar-refractivity contribution in [3.63, 3.8) is 0 Å². The second-order valence-corrected chi connectivity index (χ2v) is 6.30. The molecular formula is C20H30IN3O3. The number of benzene rings is 1. The molecule has 1 aromatic carbocycles. The van der Waals surface area contributed by atoms with Crippen LogP contribution >= 0.6 is 24.0 Å². The van der Waals surface area contributed by atoms with E-state index >= 15 is 0 Å². The minimum atomic E-state index is -1.12. The molecule has 0 amide bonds. The molecule has 1 unspecified atom stereocenters. The van der Waals surface area contributed by atoms with Gasteiger partial charge in [0, 0.05) is 6.54 Å². The van der Waals surface area contributed by atoms with E-state index in [2.05, 4.69) is 22.5 Å². The van der Waals surface area contributed by atoms with Gasteiger partial charge in [-0.25, -0.2) is 4.99 Å². The Labute approximate surface area is 178 Å². The van der Waals surface area contributed by atoms with Crippen molar-refractivity contribution >= 4 is 29.9 Å². The Hall–Kier alpha value is -1.74. The molecule has 0 saturated carbocycles. The average molecular weight is 487 g/mol. The Morgan fingerprint density at radius 2 is 2.04 bits per heavy atom. The Balaban J connectivity index is 0.00000364. The van der Waals surface area contributed by atoms with Crippen LogP contribution in [0, 0.1) is 0 Å². The van der Waals surface area contributed by atoms with Crippen molar-refractivity contribution in [2.24, 2.45) is 4.99 Å². The SMILES string of the molecule is CCCOc1cccc(CN=C(NCC)NCC(C)(O)c2ccco2)c1.I. The van der Waals surface area contributed by atoms with Crippen LogP contribution in [0.5, 0.6) is 5.75 Å². The summed E-state index contributed by atoms with van der Waals surface area (Å²) < 4.78 is 11.0. The summed E-state index contributed by atoms with van der Waals surface area (Å²) in [6, 6.07) is 11.5. The summed E-state index contributed by atoms with van der Waals surface area (Å²) in [6.45, 7) is 8.03. The van der Waals surface area contributed by atoms with Gasteiger partial charge in [0.1, 0.15) is 17.1 Å². The number of rotatable bonds is 9. The van der Waals surface area contributed by atoms with Gasteiger partial charge in [0.2, 0.25) is 0 Å². The van der Waals surface area contributed by atoms with Crippen LogP contribution in [0.3, 0.4) is 0 Å². The van der Waals surface area contributed by atoms with Crippen molar-refractivity contribution in [2.75, 3.05) is 19.7 Å². The van der Waals surface area contributed by atoms with Crippen LogP contribution in [0.1, 0.15) is 38.5 Å². The number of hydrogen-bond donors (Lipinski definition) is 3. The van der Waals surface area contributed by atoms with Gasteiger partial charge in [-0.05, 0) is 50.1 Å². The van der Waals surface area contributed by atoms with Gasteiger partial charge in [-0.15, -0.1) is 24.0 Å². The molecule has 0 aliphatic rings. The molecule has 0 spiro atoms. The molecule has 0 radical (unpaired) electrons. The standard InChI is InChI=1S/C20H29N3O3.HI/c1-4-11-25-17-9-6-8-16(13-17)14-22-19(21-5-2)23-15-20(3,24)18-10-7-12-26-18;/h6-10,12-13,24H,4-5,11,14-15H2,1-3H3,(H2,21,22,23);1H. The molecule has 7 heteroatoms. The zero-order valence-corrected chi connectivity index (χ0v) is 18.5. The number of hydrogen-bond acceptors (Lipinski definition) is 4. The fourth-order valence-corrected chi connectivity index (χ4v) is 2.39. The summed E-state index contributed by atoms with van der Waals surface area (Å²) in [5.41, 5.74) is -0.0539. The summed E-state index contributed by atoms with van der Waals surface area (Å²) in [5, 5.41) is 16.9. The number of aliphatic hydroxyl groups is 1. The first-order chi connectivity index (χ1) is 12.5. The van der Waals surface area contributed by atoms with Gasteiger partial charge in [0.25, 0.3) is 0 Å². The monoisotopic (exact) mass is 487 g/mol. The fourth-order valence-electron chi connectivity index (χ4n) is 2.39. The topological polar surface area (TPSA) is 79.0 Å². The first kappa shape index (κ1) is 23.3. The normalized spacial score (nSPS) is 13.4. The maximum absolute atomic E-state index is 10.5. The highest BCUT2D eigenvalue weighted by Crippen LogP contribution is 2.19. The zero-order valence-electron chi connectivity index (χ0n) is 16.2. The third-order valence-corrected chi connectivity index (χ3v) is 3.79. The molecule has 27 heavy (non-hydrogen) atoms. The molecule has 0 bridgehead atoms. The molecule has 0 aliphatic carbocycles. The molecular weight excluding hydrogens is 457 g/mol. The number of nitrogens with one attached hydrogen (secondary N) is 2. The third kappa shape index (κ3) is 7.80. The summed E-state index contributed by atoms with van der Waals surface area (Å²) in [5.74, 6) is 2.01. The lowest BCUT2D eigenvalue weighted by molar-refractivity contribution is 0.0386. The summed E-state index contributed by atoms with van der Waals surface area (Å²) in [4.78, 5) is 4.59. The van der Waals surface area contributed by atoms with Crippen molar-refractivity contribution in [2.45, 2.75) is 39.3 Å². The van der Waals surface area contributed by atoms with Crippen LogP contribution in [-0.4, -0.2) is 30.8 Å². The third-order valence-electron chi connectivity index (χ3n) is 3.79. The van der Waals surface area contributed by atoms with Gasteiger partial charge in [-0.3, -0.25) is 0 Å². The highest BCUT2D eigenvalue weighted by atomic mass is 127. The van der Waals surface area contributed by atoms with Crippen LogP contribution in [0.4, 0.5) is 0 Å². The molecule has 0 fully saturated rings. The highest BCUT2D eigenvalue weighted by molar-refractivity contribution is 14.0. The summed E-state index contributed by atoms with van der Waals surface area (Å²) >= 11 is 0. The number of ether oxygens (including phenoxy) is 1. The number of guanidine groups is 1. The zero-order chi connectivity index (χ0) is 18.8. The molecule has 0 aliphatic heterocycles. The molecule has 3 N–H and O–H groups in total. The molecule has 1 aromatic heterocycles. The van der Waals surface area contributed by atoms with Gasteiger partial charge >= 0.3 is 0 Å². The van der Waals surface area contributed by atoms with Crippen molar-refractivity contribution in [1.29, 1.82) is 0 Å². The van der Waals surface area contributed by atoms with Crippen LogP contribution in [0.2, 0.25) is 0 Å². The van der Waals surface area contributed by atoms with E-state index < -0.39 is 5.60 Å². The average Bonchev–Trinajstić information content (AvgIpc) is 3.18. The molecule has 150 valence electrons. The Morgan fingerprint density at radius 3 is 2.70 bits per heavy atom. The van der Waals surface area contributed by atoms with E-state index in [4.69, 9.17) is 9.15 Å². The minimum Gasteiger partial charge on any atom is -0.494 e. The van der Waals surface area contributed by atoms with E-state index in [-0.39, 0.29) is 30.5 Å². The van der Waals surface area contributed by atoms with E-state index in [0.717, 1.165) is 24.3 Å². The Kier molecular flexibility index (Phi) is 10.2. The van der Waals surface area contributed by atoms with Gasteiger partial charge in [-0.2, -0.15) is 0 Å². The van der Waals surface area contributed by atoms with Gasteiger partial charge < -0.3 is 24.9 Å². The van der Waals surface area contributed by atoms with Gasteiger partial charge in [0.15, 0.2) is 5.96 Å². The summed E-state index contributed by atoms with van der Waals surface area (Å²) in [6.07, 6.45) is 2.53. The van der Waals surface area contributed by atoms with Crippen LogP contribution in [0.25, 0.3) is 0 Å². The lowest BCUT2D eigenvalue weighted by Crippen LogP contribution is -2.44. The molecule has 1 heterocycles. The summed E-state index contributed by atoms with van der Waals surface area (Å²) in [7, 11) is 0. The van der Waals surface area contributed by atoms with E-state index in [1.165, 1.54) is 0 Å². The van der Waals surface area contributed by atoms with Crippen LogP contribution < -0.4 is 15.4 Å². The molecule has 1 atom stereocenters. The Bertz CT molecular complexity index is 688. The number of aliphatic imine (C=N–C) groups is 1. The molecule has 2 aromatic rings. The number of furan rings is 1. The second-order valence-electron chi connectivity index (χ2n) is 6.30. The van der Waals surface area contributed by atoms with Crippen molar-refractivity contribution in [3.8, 4) is 5.75 Å². The first-order valence-corrected chi connectivity index (χ1v) is 9.05. The maximum Gasteiger partial charge on any atom is 0.191 e. The van der Waals surface area contributed by atoms with Gasteiger partial charge in [-0.1, -0.05) is 19.1 Å². The van der Waals surface area contributed by atoms with Crippen molar-refractivity contribution in [1.82, 2.24) is 10.6 Å². The predicted molar refractivity (Wildman–Crippen MR) is 119 cm³/mol. The molecule has 2 rings (SSSR count). The Morgan fingerprint density at radius 1 is 1.22 bits per heavy atom. The quantitative estimate of drug-likeness (QED) is 0.286. The number of halogens is 1. The number of nitrogens with zero attached hydrogens (tertiary/aromatic N) is 1. The maximum atomic E-state index is 10.5. The van der Waals surface area contributed by atoms with E-state index in [0.29, 0.717) is 24.9 Å². The lowest BCUT2D eigenvalue weighted by Gasteiger charge is -2.22. The van der Waals surface area contributed by atoms with Gasteiger partial charge in [0.05, 0.1) is 26.0 Å². The largest absolute Gasteiger partial charge is 0.494 e. The molecule has 6 nitrogen and oxygen atoms in total. The first-order valence-electron chi connectivity index (χ1n) is 9.05. The highest BCUT2D eigenvalue weighted by Gasteiger charge is 2.26. The van der Waals surface area contributed by atoms with Crippen molar-refractivity contribution in [3.05, 3.63) is 54.0 Å². The van der Waals surface area contributed by atoms with Crippen LogP contribution in [0.15, 0.2) is 52.1 Å². The lowest BCUT2D eigenvalue weighted by atomic mass is 10.0. The predicted octanol–water partition coefficient (Wildman–Crippen LogP) is 3.65. The second kappa shape index (κ2) is 11.9. The minimum absolute atomic E-state index is 0. The van der Waals surface area contributed by atoms with Crippen LogP contribution in [-0.2, 0) is 12.1 Å². The fraction of sp³-hybridized carbons (Fsp3) is 0.450. The molecule has 0 saturated heterocycles.